The highest BCUT2D eigenvalue weighted by Crippen LogP contribution is 2.22. The Bertz CT molecular complexity index is 520. The highest BCUT2D eigenvalue weighted by Gasteiger charge is 2.16. The van der Waals surface area contributed by atoms with Crippen LogP contribution < -0.4 is 15.4 Å². The first-order chi connectivity index (χ1) is 9.11. The van der Waals surface area contributed by atoms with Gasteiger partial charge in [0, 0.05) is 30.4 Å². The van der Waals surface area contributed by atoms with E-state index in [9.17, 15) is 9.18 Å². The van der Waals surface area contributed by atoms with Crippen LogP contribution >= 0.6 is 0 Å². The zero-order valence-electron chi connectivity index (χ0n) is 11.0. The second kappa shape index (κ2) is 5.84. The average molecular weight is 264 g/mol. The van der Waals surface area contributed by atoms with Crippen molar-refractivity contribution >= 4 is 11.6 Å². The number of amides is 1. The van der Waals surface area contributed by atoms with Crippen LogP contribution in [0.3, 0.4) is 0 Å². The van der Waals surface area contributed by atoms with Crippen molar-refractivity contribution in [1.29, 1.82) is 0 Å². The van der Waals surface area contributed by atoms with Gasteiger partial charge in [-0.05, 0) is 31.6 Å². The molecule has 1 aromatic rings. The van der Waals surface area contributed by atoms with Crippen molar-refractivity contribution in [1.82, 2.24) is 5.32 Å². The number of carbonyl (C=O) groups is 1. The monoisotopic (exact) mass is 264 g/mol. The smallest absolute Gasteiger partial charge is 0.251 e. The van der Waals surface area contributed by atoms with Crippen LogP contribution in [0.4, 0.5) is 10.1 Å². The lowest BCUT2D eigenvalue weighted by Gasteiger charge is -2.21. The number of carbonyl (C=O) groups excluding carboxylic acids is 1. The Morgan fingerprint density at radius 1 is 1.47 bits per heavy atom. The van der Waals surface area contributed by atoms with Gasteiger partial charge in [-0.2, -0.15) is 0 Å². The third-order valence-electron chi connectivity index (χ3n) is 3.04. The van der Waals surface area contributed by atoms with Gasteiger partial charge in [-0.25, -0.2) is 4.39 Å². The number of ether oxygens (including phenoxy) is 1. The van der Waals surface area contributed by atoms with E-state index in [4.69, 9.17) is 4.74 Å². The molecule has 1 aliphatic heterocycles. The largest absolute Gasteiger partial charge is 0.491 e. The standard InChI is InChI=1S/C14H17FN2O2/c1-3-19-13-5-4-11(6-12(13)15)17-14(18)9(2)10-7-16-8-10/h4-6,16H,3,7-8H2,1-2H3,(H,17,18). The molecule has 1 aliphatic rings. The Morgan fingerprint density at radius 2 is 2.21 bits per heavy atom. The number of halogens is 1. The molecule has 0 bridgehead atoms. The molecule has 0 unspecified atom stereocenters. The Morgan fingerprint density at radius 3 is 2.74 bits per heavy atom. The summed E-state index contributed by atoms with van der Waals surface area (Å²) < 4.78 is 18.7. The van der Waals surface area contributed by atoms with Gasteiger partial charge in [0.1, 0.15) is 0 Å². The predicted molar refractivity (Wildman–Crippen MR) is 71.8 cm³/mol. The molecule has 2 rings (SSSR count). The zero-order valence-corrected chi connectivity index (χ0v) is 11.0. The van der Waals surface area contributed by atoms with Crippen LogP contribution in [0.1, 0.15) is 13.8 Å². The topological polar surface area (TPSA) is 50.4 Å². The molecular formula is C14H17FN2O2. The van der Waals surface area contributed by atoms with Gasteiger partial charge in [-0.3, -0.25) is 4.79 Å². The molecule has 5 heteroatoms. The number of anilines is 1. The molecule has 0 saturated carbocycles. The summed E-state index contributed by atoms with van der Waals surface area (Å²) in [6.07, 6.45) is 0. The van der Waals surface area contributed by atoms with Gasteiger partial charge in [0.15, 0.2) is 11.6 Å². The Labute approximate surface area is 111 Å². The summed E-state index contributed by atoms with van der Waals surface area (Å²) in [7, 11) is 0. The zero-order chi connectivity index (χ0) is 13.8. The summed E-state index contributed by atoms with van der Waals surface area (Å²) >= 11 is 0. The summed E-state index contributed by atoms with van der Waals surface area (Å²) in [6.45, 7) is 5.46. The first-order valence-corrected chi connectivity index (χ1v) is 6.25. The lowest BCUT2D eigenvalue weighted by atomic mass is 10.0. The van der Waals surface area contributed by atoms with E-state index in [1.54, 1.807) is 19.9 Å². The molecule has 1 amide bonds. The molecular weight excluding hydrogens is 247 g/mol. The molecule has 1 heterocycles. The molecule has 1 saturated heterocycles. The van der Waals surface area contributed by atoms with Crippen molar-refractivity contribution in [3.63, 3.8) is 0 Å². The number of benzene rings is 1. The minimum absolute atomic E-state index is 0.193. The summed E-state index contributed by atoms with van der Waals surface area (Å²) in [5.74, 6) is -0.478. The third kappa shape index (κ3) is 3.12. The van der Waals surface area contributed by atoms with Gasteiger partial charge in [-0.1, -0.05) is 0 Å². The molecule has 1 aromatic carbocycles. The molecule has 0 aliphatic carbocycles. The van der Waals surface area contributed by atoms with Gasteiger partial charge in [0.05, 0.1) is 6.61 Å². The number of nitrogens with one attached hydrogen (secondary N) is 2. The highest BCUT2D eigenvalue weighted by atomic mass is 19.1. The highest BCUT2D eigenvalue weighted by molar-refractivity contribution is 6.04. The van der Waals surface area contributed by atoms with Gasteiger partial charge < -0.3 is 15.4 Å². The summed E-state index contributed by atoms with van der Waals surface area (Å²) in [5.41, 5.74) is 2.20. The molecule has 0 aromatic heterocycles. The maximum atomic E-state index is 13.6. The molecule has 2 N–H and O–H groups in total. The normalized spacial score (nSPS) is 13.7. The van der Waals surface area contributed by atoms with Gasteiger partial charge in [0.2, 0.25) is 0 Å². The van der Waals surface area contributed by atoms with Crippen LogP contribution in [0.25, 0.3) is 0 Å². The minimum Gasteiger partial charge on any atom is -0.491 e. The van der Waals surface area contributed by atoms with Crippen molar-refractivity contribution in [3.05, 3.63) is 35.2 Å². The SMILES string of the molecule is CCOc1ccc(NC(=O)C(C)=C2CNC2)cc1F. The molecule has 0 radical (unpaired) electrons. The Hall–Kier alpha value is -1.88. The second-order valence-electron chi connectivity index (χ2n) is 4.36. The quantitative estimate of drug-likeness (QED) is 0.819. The fourth-order valence-electron chi connectivity index (χ4n) is 1.75. The fraction of sp³-hybridized carbons (Fsp3) is 0.357. The molecule has 4 nitrogen and oxygen atoms in total. The van der Waals surface area contributed by atoms with Crippen LogP contribution in [0.2, 0.25) is 0 Å². The Balaban J connectivity index is 2.07. The lowest BCUT2D eigenvalue weighted by molar-refractivity contribution is -0.112. The van der Waals surface area contributed by atoms with Crippen LogP contribution in [-0.2, 0) is 4.79 Å². The molecule has 1 fully saturated rings. The predicted octanol–water partition coefficient (Wildman–Crippen LogP) is 2.08. The van der Waals surface area contributed by atoms with E-state index in [2.05, 4.69) is 10.6 Å². The van der Waals surface area contributed by atoms with E-state index in [1.165, 1.54) is 12.1 Å². The second-order valence-corrected chi connectivity index (χ2v) is 4.36. The summed E-state index contributed by atoms with van der Waals surface area (Å²) in [5, 5.41) is 5.76. The van der Waals surface area contributed by atoms with Crippen molar-refractivity contribution in [2.75, 3.05) is 25.0 Å². The lowest BCUT2D eigenvalue weighted by Crippen LogP contribution is -2.36. The molecule has 102 valence electrons. The van der Waals surface area contributed by atoms with Crippen LogP contribution in [0.5, 0.6) is 5.75 Å². The summed E-state index contributed by atoms with van der Waals surface area (Å²) in [4.78, 5) is 11.9. The van der Waals surface area contributed by atoms with E-state index in [1.807, 2.05) is 0 Å². The fourth-order valence-corrected chi connectivity index (χ4v) is 1.75. The van der Waals surface area contributed by atoms with E-state index < -0.39 is 5.82 Å². The minimum atomic E-state index is -0.477. The van der Waals surface area contributed by atoms with E-state index in [0.29, 0.717) is 17.9 Å². The number of hydrogen-bond acceptors (Lipinski definition) is 3. The van der Waals surface area contributed by atoms with Crippen molar-refractivity contribution < 1.29 is 13.9 Å². The molecule has 0 atom stereocenters. The maximum Gasteiger partial charge on any atom is 0.251 e. The first-order valence-electron chi connectivity index (χ1n) is 6.25. The first kappa shape index (κ1) is 13.5. The number of rotatable bonds is 4. The van der Waals surface area contributed by atoms with E-state index >= 15 is 0 Å². The van der Waals surface area contributed by atoms with Gasteiger partial charge in [-0.15, -0.1) is 0 Å². The van der Waals surface area contributed by atoms with Crippen LogP contribution in [-0.4, -0.2) is 25.6 Å². The van der Waals surface area contributed by atoms with E-state index in [-0.39, 0.29) is 11.7 Å². The summed E-state index contributed by atoms with van der Waals surface area (Å²) in [6, 6.07) is 4.41. The van der Waals surface area contributed by atoms with E-state index in [0.717, 1.165) is 18.7 Å². The third-order valence-corrected chi connectivity index (χ3v) is 3.04. The average Bonchev–Trinajstić information content (AvgIpc) is 2.30. The maximum absolute atomic E-state index is 13.6. The Kier molecular flexibility index (Phi) is 4.16. The van der Waals surface area contributed by atoms with Crippen molar-refractivity contribution in [2.24, 2.45) is 0 Å². The van der Waals surface area contributed by atoms with Crippen molar-refractivity contribution in [2.45, 2.75) is 13.8 Å². The molecule has 0 spiro atoms. The van der Waals surface area contributed by atoms with Crippen LogP contribution in [0.15, 0.2) is 29.3 Å². The van der Waals surface area contributed by atoms with Gasteiger partial charge >= 0.3 is 0 Å². The number of hydrogen-bond donors (Lipinski definition) is 2. The van der Waals surface area contributed by atoms with Crippen molar-refractivity contribution in [3.8, 4) is 5.75 Å². The molecule has 19 heavy (non-hydrogen) atoms. The van der Waals surface area contributed by atoms with Crippen LogP contribution in [0, 0.1) is 5.82 Å². The van der Waals surface area contributed by atoms with Gasteiger partial charge in [0.25, 0.3) is 5.91 Å².